The molecule has 0 unspecified atom stereocenters. The van der Waals surface area contributed by atoms with Crippen LogP contribution in [-0.2, 0) is 16.8 Å². The number of carbonyl (C=O) groups excluding carboxylic acids is 3. The van der Waals surface area contributed by atoms with Crippen molar-refractivity contribution in [2.45, 2.75) is 0 Å². The number of rotatable bonds is 7. The van der Waals surface area contributed by atoms with Gasteiger partial charge in [-0.2, -0.15) is 0 Å². The third-order valence-electron chi connectivity index (χ3n) is 4.51. The number of nitrogens with zero attached hydrogens (tertiary/aromatic N) is 3. The maximum absolute atomic E-state index is 10.3. The summed E-state index contributed by atoms with van der Waals surface area (Å²) in [6.45, 7) is 0. The number of benzene rings is 1. The molecule has 0 atom stereocenters. The Morgan fingerprint density at radius 2 is 0.714 bits per heavy atom. The fraction of sp³-hybridized carbons (Fsp3) is 0. The normalized spacial score (nSPS) is 8.27. The van der Waals surface area contributed by atoms with Gasteiger partial charge in [0.05, 0.1) is 40.7 Å². The summed E-state index contributed by atoms with van der Waals surface area (Å²) >= 11 is 0. The predicted molar refractivity (Wildman–Crippen MR) is 154 cm³/mol. The molecule has 4 aromatic rings. The second kappa shape index (κ2) is 26.8. The van der Waals surface area contributed by atoms with E-state index < -0.39 is 47.2 Å². The van der Waals surface area contributed by atoms with Gasteiger partial charge in [-0.25, -0.2) is 34.8 Å². The molecule has 15 N–H and O–H groups in total. The van der Waals surface area contributed by atoms with Crippen molar-refractivity contribution in [2.75, 3.05) is 5.43 Å². The van der Waals surface area contributed by atoms with Crippen molar-refractivity contribution in [2.24, 2.45) is 0 Å². The Labute approximate surface area is 284 Å². The third-order valence-corrected chi connectivity index (χ3v) is 4.51. The summed E-state index contributed by atoms with van der Waals surface area (Å²) in [4.78, 5) is 71.5. The van der Waals surface area contributed by atoms with Crippen molar-refractivity contribution in [3.05, 3.63) is 119 Å². The van der Waals surface area contributed by atoms with E-state index in [1.807, 2.05) is 30.3 Å². The first-order valence-electron chi connectivity index (χ1n) is 11.6. The van der Waals surface area contributed by atoms with Crippen molar-refractivity contribution < 1.29 is 104 Å². The Balaban J connectivity index is -0.000000171. The van der Waals surface area contributed by atoms with Gasteiger partial charge in [0.15, 0.2) is 0 Å². The number of anilines is 1. The second-order valence-electron chi connectivity index (χ2n) is 7.54. The van der Waals surface area contributed by atoms with Crippen LogP contribution in [0.2, 0.25) is 0 Å². The summed E-state index contributed by atoms with van der Waals surface area (Å²) < 4.78 is 0. The van der Waals surface area contributed by atoms with Gasteiger partial charge >= 0.3 is 34.7 Å². The molecule has 21 nitrogen and oxygen atoms in total. The van der Waals surface area contributed by atoms with Crippen molar-refractivity contribution in [3.63, 3.8) is 0 Å². The molecule has 22 heteroatoms. The van der Waals surface area contributed by atoms with E-state index in [-0.39, 0.29) is 61.5 Å². The monoisotopic (exact) mass is 738 g/mol. The van der Waals surface area contributed by atoms with E-state index in [2.05, 4.69) is 26.2 Å². The molecule has 3 aromatic heterocycles. The number of nitrogens with one attached hydrogen (secondary N) is 1. The molecule has 0 fully saturated rings. The minimum absolute atomic E-state index is 0. The van der Waals surface area contributed by atoms with Crippen LogP contribution >= 0.6 is 0 Å². The molecule has 0 saturated heterocycles. The van der Waals surface area contributed by atoms with Crippen molar-refractivity contribution in [1.29, 1.82) is 0 Å². The molecule has 0 spiro atoms. The summed E-state index contributed by atoms with van der Waals surface area (Å²) in [5, 5.41) is 55.9. The van der Waals surface area contributed by atoms with Crippen LogP contribution in [-0.4, -0.2) is 88.0 Å². The number of hydrogen-bond acceptors (Lipinski definition) is 13. The van der Waals surface area contributed by atoms with E-state index >= 15 is 0 Å². The van der Waals surface area contributed by atoms with E-state index in [1.54, 1.807) is 0 Å². The number of aromatic carboxylic acids is 6. The minimum atomic E-state index is -1.52. The van der Waals surface area contributed by atoms with Crippen LogP contribution in [0, 0.1) is 0 Å². The number of quaternary nitrogens is 1. The van der Waals surface area contributed by atoms with Crippen LogP contribution in [0.15, 0.2) is 84.9 Å². The number of carbonyl (C=O) groups is 6. The molecular weight excluding hydrogens is 709 g/mol. The molecule has 267 valence electrons. The molecule has 4 rings (SSSR count). The summed E-state index contributed by atoms with van der Waals surface area (Å²) in [5.41, 5.74) is 1.76. The van der Waals surface area contributed by atoms with Crippen LogP contribution in [0.5, 0.6) is 0 Å². The Morgan fingerprint density at radius 3 is 0.939 bits per heavy atom. The van der Waals surface area contributed by atoms with E-state index in [0.29, 0.717) is 0 Å². The first-order valence-corrected chi connectivity index (χ1v) is 11.6. The van der Waals surface area contributed by atoms with Gasteiger partial charge < -0.3 is 66.9 Å². The first-order chi connectivity index (χ1) is 20.8. The molecular formula is C27H29CoN5O16. The van der Waals surface area contributed by atoms with Gasteiger partial charge in [-0.1, -0.05) is 36.4 Å². The van der Waals surface area contributed by atoms with E-state index in [0.717, 1.165) is 17.8 Å². The Hall–Kier alpha value is -6.40. The summed E-state index contributed by atoms with van der Waals surface area (Å²) in [5.74, 6) is -4.75. The van der Waals surface area contributed by atoms with Gasteiger partial charge in [-0.3, -0.25) is 5.84 Å². The number of para-hydroxylation sites is 1. The number of pyridine rings is 3. The fourth-order valence-corrected chi connectivity index (χ4v) is 2.56. The standard InChI is InChI=1S/3C7H5NO4.C6H8N2.Co.4H2O/c3*9-6(10)4-2-1-3-5(8-4)7(11)12;7-8-6-4-2-1-3-5-6;;;;;/h3*1-3H,(H,9,10)(H,11,12);1-5,8H,7H2;;4*1H2/q;;;;+2;;;;/p-2. The number of hydrogen-bond donors (Lipinski definition) is 5. The van der Waals surface area contributed by atoms with Crippen LogP contribution < -0.4 is 26.6 Å². The first kappa shape index (κ1) is 52.1. The zero-order valence-electron chi connectivity index (χ0n) is 24.5. The average Bonchev–Trinajstić information content (AvgIpc) is 3.02. The smallest absolute Gasteiger partial charge is 0.543 e. The number of carboxylic acids is 6. The predicted octanol–water partition coefficient (Wildman–Crippen LogP) is -5.62. The van der Waals surface area contributed by atoms with Crippen LogP contribution in [0.1, 0.15) is 62.9 Å². The molecule has 0 bridgehead atoms. The molecule has 0 amide bonds. The van der Waals surface area contributed by atoms with Crippen molar-refractivity contribution >= 4 is 41.5 Å². The van der Waals surface area contributed by atoms with Crippen LogP contribution in [0.25, 0.3) is 0 Å². The van der Waals surface area contributed by atoms with Gasteiger partial charge in [0.1, 0.15) is 17.1 Å². The van der Waals surface area contributed by atoms with E-state index in [1.165, 1.54) is 42.5 Å². The zero-order valence-corrected chi connectivity index (χ0v) is 25.5. The molecule has 0 aliphatic heterocycles. The maximum Gasteiger partial charge on any atom is 2.00 e. The Kier molecular flexibility index (Phi) is 28.5. The maximum atomic E-state index is 10.3. The number of carboxylic acid groups (broad SMARTS) is 6. The second-order valence-corrected chi connectivity index (χ2v) is 7.54. The molecule has 1 aromatic carbocycles. The fourth-order valence-electron chi connectivity index (χ4n) is 2.56. The van der Waals surface area contributed by atoms with Gasteiger partial charge in [-0.15, -0.1) is 0 Å². The molecule has 49 heavy (non-hydrogen) atoms. The average molecular weight is 738 g/mol. The van der Waals surface area contributed by atoms with Crippen LogP contribution in [0.3, 0.4) is 0 Å². The van der Waals surface area contributed by atoms with Crippen molar-refractivity contribution in [3.8, 4) is 0 Å². The third kappa shape index (κ3) is 19.7. The largest absolute Gasteiger partial charge is 2.00 e. The zero-order chi connectivity index (χ0) is 33.2. The van der Waals surface area contributed by atoms with Gasteiger partial charge in [0, 0.05) is 0 Å². The van der Waals surface area contributed by atoms with Crippen molar-refractivity contribution in [1.82, 2.24) is 15.0 Å². The summed E-state index contributed by atoms with van der Waals surface area (Å²) in [6, 6.07) is 20.8. The number of aromatic nitrogens is 3. The Morgan fingerprint density at radius 1 is 0.469 bits per heavy atom. The van der Waals surface area contributed by atoms with E-state index in [9.17, 15) is 44.1 Å². The van der Waals surface area contributed by atoms with Gasteiger partial charge in [-0.05, 0) is 48.5 Å². The summed E-state index contributed by atoms with van der Waals surface area (Å²) in [6.07, 6.45) is 0. The quantitative estimate of drug-likeness (QED) is 0.110. The minimum Gasteiger partial charge on any atom is -0.543 e. The SMILES string of the molecule is O.O.O.O.O=C(O)c1cccc(C(=O)O)n1.O=C([O-])c1cccc(C(=O)O)n1.O=C([O-])c1cccc(C(=O)[O-])n1.[Co+2].[NH3+]Nc1ccccc1. The molecule has 0 saturated carbocycles. The van der Waals surface area contributed by atoms with Gasteiger partial charge in [0.25, 0.3) is 0 Å². The molecule has 3 heterocycles. The van der Waals surface area contributed by atoms with Crippen LogP contribution in [0.4, 0.5) is 5.69 Å². The van der Waals surface area contributed by atoms with E-state index in [4.69, 9.17) is 15.3 Å². The molecule has 0 aliphatic rings. The van der Waals surface area contributed by atoms with Gasteiger partial charge in [0.2, 0.25) is 0 Å². The topological polar surface area (TPSA) is 437 Å². The summed E-state index contributed by atoms with van der Waals surface area (Å²) in [7, 11) is 0. The Bertz CT molecular complexity index is 1400. The molecule has 0 aliphatic carbocycles. The molecule has 1 radical (unpaired) electrons.